The number of carbonyl (C=O) groups is 1. The number of aromatic nitrogens is 2. The molecule has 2 aliphatic heterocycles. The monoisotopic (exact) mass is 261 g/mol. The molecule has 102 valence electrons. The molecule has 0 unspecified atom stereocenters. The predicted molar refractivity (Wildman–Crippen MR) is 73.5 cm³/mol. The molecule has 0 bridgehead atoms. The van der Waals surface area contributed by atoms with Gasteiger partial charge in [-0.1, -0.05) is 13.8 Å². The van der Waals surface area contributed by atoms with Gasteiger partial charge in [0, 0.05) is 19.6 Å². The summed E-state index contributed by atoms with van der Waals surface area (Å²) in [4.78, 5) is 25.4. The van der Waals surface area contributed by atoms with E-state index in [1.165, 1.54) is 0 Å². The molecule has 6 heteroatoms. The van der Waals surface area contributed by atoms with Gasteiger partial charge >= 0.3 is 0 Å². The lowest BCUT2D eigenvalue weighted by atomic mass is 10.2. The van der Waals surface area contributed by atoms with Gasteiger partial charge in [-0.2, -0.15) is 0 Å². The molecular formula is C13H19N5O. The topological polar surface area (TPSA) is 53.7 Å². The van der Waals surface area contributed by atoms with E-state index in [1.807, 2.05) is 4.57 Å². The summed E-state index contributed by atoms with van der Waals surface area (Å²) >= 11 is 0. The van der Waals surface area contributed by atoms with E-state index in [2.05, 4.69) is 28.7 Å². The van der Waals surface area contributed by atoms with Crippen molar-refractivity contribution < 1.29 is 4.79 Å². The lowest BCUT2D eigenvalue weighted by Crippen LogP contribution is -2.51. The highest BCUT2D eigenvalue weighted by atomic mass is 16.2. The first-order valence-corrected chi connectivity index (χ1v) is 6.96. The smallest absolute Gasteiger partial charge is 0.281 e. The molecule has 0 aromatic carbocycles. The van der Waals surface area contributed by atoms with Crippen LogP contribution in [0.5, 0.6) is 0 Å². The highest BCUT2D eigenvalue weighted by Crippen LogP contribution is 2.29. The van der Waals surface area contributed by atoms with E-state index in [-0.39, 0.29) is 5.91 Å². The van der Waals surface area contributed by atoms with Crippen molar-refractivity contribution in [3.05, 3.63) is 12.0 Å². The Morgan fingerprint density at radius 3 is 2.79 bits per heavy atom. The van der Waals surface area contributed by atoms with Gasteiger partial charge in [0.25, 0.3) is 5.91 Å². The Labute approximate surface area is 112 Å². The van der Waals surface area contributed by atoms with Crippen LogP contribution in [0.1, 0.15) is 37.2 Å². The fraction of sp³-hybridized carbons (Fsp3) is 0.615. The molecule has 0 fully saturated rings. The second kappa shape index (κ2) is 4.68. The zero-order chi connectivity index (χ0) is 13.4. The average Bonchev–Trinajstić information content (AvgIpc) is 3.01. The van der Waals surface area contributed by atoms with Gasteiger partial charge in [-0.15, -0.1) is 0 Å². The molecule has 0 atom stereocenters. The maximum atomic E-state index is 12.7. The van der Waals surface area contributed by atoms with Gasteiger partial charge in [0.05, 0.1) is 12.9 Å². The normalized spacial score (nSPS) is 17.6. The Bertz CT molecular complexity index is 533. The first-order chi connectivity index (χ1) is 9.27. The van der Waals surface area contributed by atoms with Gasteiger partial charge in [0.15, 0.2) is 11.5 Å². The van der Waals surface area contributed by atoms with E-state index >= 15 is 0 Å². The second-order valence-electron chi connectivity index (χ2n) is 4.90. The quantitative estimate of drug-likeness (QED) is 0.821. The molecule has 3 heterocycles. The van der Waals surface area contributed by atoms with Crippen molar-refractivity contribution in [3.8, 4) is 0 Å². The fourth-order valence-electron chi connectivity index (χ4n) is 2.71. The molecule has 0 saturated heterocycles. The van der Waals surface area contributed by atoms with Crippen molar-refractivity contribution >= 4 is 17.7 Å². The average molecular weight is 261 g/mol. The Morgan fingerprint density at radius 2 is 2.05 bits per heavy atom. The standard InChI is InChI=1S/C13H19N5O/c1-3-6-16-9-15-11-10(16)12(19)18(7-4-2)13-14-5-8-17(11)13/h9H,3-8H2,1-2H3. The van der Waals surface area contributed by atoms with Crippen LogP contribution in [0.2, 0.25) is 0 Å². The Kier molecular flexibility index (Phi) is 3.00. The van der Waals surface area contributed by atoms with E-state index in [1.54, 1.807) is 11.2 Å². The van der Waals surface area contributed by atoms with Crippen LogP contribution < -0.4 is 4.90 Å². The minimum Gasteiger partial charge on any atom is -0.325 e. The number of aryl methyl sites for hydroxylation is 1. The molecule has 1 aromatic rings. The molecule has 0 spiro atoms. The van der Waals surface area contributed by atoms with Gasteiger partial charge in [-0.05, 0) is 12.8 Å². The number of amides is 1. The van der Waals surface area contributed by atoms with Crippen LogP contribution in [0.15, 0.2) is 11.3 Å². The molecular weight excluding hydrogens is 242 g/mol. The van der Waals surface area contributed by atoms with Crippen molar-refractivity contribution in [2.45, 2.75) is 33.2 Å². The summed E-state index contributed by atoms with van der Waals surface area (Å²) in [6, 6.07) is 0. The first kappa shape index (κ1) is 12.2. The molecule has 3 rings (SSSR count). The summed E-state index contributed by atoms with van der Waals surface area (Å²) in [5.74, 6) is 1.60. The lowest BCUT2D eigenvalue weighted by Gasteiger charge is -2.33. The summed E-state index contributed by atoms with van der Waals surface area (Å²) in [6.45, 7) is 7.28. The number of hydrogen-bond acceptors (Lipinski definition) is 4. The number of nitrogens with zero attached hydrogens (tertiary/aromatic N) is 5. The summed E-state index contributed by atoms with van der Waals surface area (Å²) in [5, 5.41) is 0. The predicted octanol–water partition coefficient (Wildman–Crippen LogP) is 1.33. The van der Waals surface area contributed by atoms with E-state index in [0.717, 1.165) is 49.9 Å². The SMILES string of the molecule is CCCN1C(=O)c2c(ncn2CCC)N2CCN=C12. The third-order valence-electron chi connectivity index (χ3n) is 3.49. The van der Waals surface area contributed by atoms with Gasteiger partial charge in [-0.3, -0.25) is 19.6 Å². The minimum atomic E-state index is 0.0414. The zero-order valence-electron chi connectivity index (χ0n) is 11.5. The third kappa shape index (κ3) is 1.74. The number of aliphatic imine (C=N–C) groups is 1. The van der Waals surface area contributed by atoms with Crippen LogP contribution in [0, 0.1) is 0 Å². The summed E-state index contributed by atoms with van der Waals surface area (Å²) < 4.78 is 1.97. The molecule has 2 aliphatic rings. The number of rotatable bonds is 4. The lowest BCUT2D eigenvalue weighted by molar-refractivity contribution is 0.0830. The van der Waals surface area contributed by atoms with Crippen LogP contribution in [-0.4, -0.2) is 46.0 Å². The highest BCUT2D eigenvalue weighted by Gasteiger charge is 2.39. The Balaban J connectivity index is 2.07. The number of carbonyl (C=O) groups excluding carboxylic acids is 1. The molecule has 0 aliphatic carbocycles. The second-order valence-corrected chi connectivity index (χ2v) is 4.90. The van der Waals surface area contributed by atoms with Crippen LogP contribution in [0.4, 0.5) is 5.82 Å². The largest absolute Gasteiger partial charge is 0.325 e. The number of imidazole rings is 1. The molecule has 0 radical (unpaired) electrons. The third-order valence-corrected chi connectivity index (χ3v) is 3.49. The number of hydrogen-bond donors (Lipinski definition) is 0. The van der Waals surface area contributed by atoms with Crippen molar-refractivity contribution in [2.24, 2.45) is 4.99 Å². The van der Waals surface area contributed by atoms with E-state index < -0.39 is 0 Å². The Hall–Kier alpha value is -1.85. The molecule has 0 N–H and O–H groups in total. The van der Waals surface area contributed by atoms with Crippen LogP contribution in [0.25, 0.3) is 0 Å². The van der Waals surface area contributed by atoms with E-state index in [4.69, 9.17) is 0 Å². The molecule has 6 nitrogen and oxygen atoms in total. The fourth-order valence-corrected chi connectivity index (χ4v) is 2.71. The van der Waals surface area contributed by atoms with Crippen molar-refractivity contribution in [1.29, 1.82) is 0 Å². The van der Waals surface area contributed by atoms with Gasteiger partial charge in [0.2, 0.25) is 5.96 Å². The molecule has 1 amide bonds. The first-order valence-electron chi connectivity index (χ1n) is 6.96. The van der Waals surface area contributed by atoms with Gasteiger partial charge in [0.1, 0.15) is 0 Å². The van der Waals surface area contributed by atoms with E-state index in [0.29, 0.717) is 6.54 Å². The maximum absolute atomic E-state index is 12.7. The molecule has 19 heavy (non-hydrogen) atoms. The van der Waals surface area contributed by atoms with Crippen LogP contribution in [0.3, 0.4) is 0 Å². The van der Waals surface area contributed by atoms with Crippen LogP contribution >= 0.6 is 0 Å². The number of fused-ring (bicyclic) bond motifs is 3. The molecule has 0 saturated carbocycles. The number of guanidine groups is 1. The highest BCUT2D eigenvalue weighted by molar-refractivity contribution is 6.17. The minimum absolute atomic E-state index is 0.0414. The summed E-state index contributed by atoms with van der Waals surface area (Å²) in [7, 11) is 0. The van der Waals surface area contributed by atoms with Crippen molar-refractivity contribution in [3.63, 3.8) is 0 Å². The Morgan fingerprint density at radius 1 is 1.26 bits per heavy atom. The summed E-state index contributed by atoms with van der Waals surface area (Å²) in [6.07, 6.45) is 3.69. The van der Waals surface area contributed by atoms with Crippen LogP contribution in [-0.2, 0) is 6.54 Å². The van der Waals surface area contributed by atoms with Gasteiger partial charge in [-0.25, -0.2) is 4.98 Å². The van der Waals surface area contributed by atoms with Gasteiger partial charge < -0.3 is 4.57 Å². The molecule has 1 aromatic heterocycles. The zero-order valence-corrected chi connectivity index (χ0v) is 11.5. The van der Waals surface area contributed by atoms with Crippen molar-refractivity contribution in [1.82, 2.24) is 14.5 Å². The number of anilines is 1. The maximum Gasteiger partial charge on any atom is 0.281 e. The van der Waals surface area contributed by atoms with Crippen molar-refractivity contribution in [2.75, 3.05) is 24.5 Å². The summed E-state index contributed by atoms with van der Waals surface area (Å²) in [5.41, 5.74) is 0.719. The van der Waals surface area contributed by atoms with E-state index in [9.17, 15) is 4.79 Å².